The van der Waals surface area contributed by atoms with Crippen molar-refractivity contribution in [1.82, 2.24) is 15.5 Å². The molecule has 1 aromatic heterocycles. The lowest BCUT2D eigenvalue weighted by Crippen LogP contribution is -2.36. The lowest BCUT2D eigenvalue weighted by atomic mass is 9.81. The fourth-order valence-electron chi connectivity index (χ4n) is 2.87. The van der Waals surface area contributed by atoms with Crippen molar-refractivity contribution in [3.8, 4) is 17.7 Å². The maximum Gasteiger partial charge on any atom is 0.414 e. The number of halogens is 2. The van der Waals surface area contributed by atoms with Gasteiger partial charge in [0.05, 0.1) is 22.3 Å². The first-order valence-electron chi connectivity index (χ1n) is 9.80. The van der Waals surface area contributed by atoms with Gasteiger partial charge < -0.3 is 9.47 Å². The van der Waals surface area contributed by atoms with Crippen LogP contribution in [-0.4, -0.2) is 34.5 Å². The van der Waals surface area contributed by atoms with Gasteiger partial charge in [-0.3, -0.25) is 20.3 Å². The lowest BCUT2D eigenvalue weighted by molar-refractivity contribution is -0.114. The van der Waals surface area contributed by atoms with Crippen molar-refractivity contribution < 1.29 is 19.1 Å². The Morgan fingerprint density at radius 3 is 2.58 bits per heavy atom. The van der Waals surface area contributed by atoms with Gasteiger partial charge in [0.15, 0.2) is 5.75 Å². The molecule has 1 aromatic carbocycles. The molecule has 0 bridgehead atoms. The molecule has 1 aliphatic rings. The van der Waals surface area contributed by atoms with E-state index in [1.165, 1.54) is 12.1 Å². The topological polar surface area (TPSA) is 159 Å². The fraction of sp³-hybridized carbons (Fsp3) is 0.300. The van der Waals surface area contributed by atoms with Crippen LogP contribution in [0.3, 0.4) is 0 Å². The lowest BCUT2D eigenvalue weighted by Gasteiger charge is -2.24. The maximum absolute atomic E-state index is 12.0. The Labute approximate surface area is 197 Å². The molecule has 0 unspecified atom stereocenters. The SMILES string of the molecule is CCOC(=O)NC(=O)C(C#N)=NNc1cc(Cl)c(Oc2cc(C3CCC3)c(=O)[nH]n2)c(Cl)c1. The fourth-order valence-corrected chi connectivity index (χ4v) is 3.43. The molecule has 33 heavy (non-hydrogen) atoms. The maximum atomic E-state index is 12.0. The van der Waals surface area contributed by atoms with E-state index in [1.54, 1.807) is 19.1 Å². The summed E-state index contributed by atoms with van der Waals surface area (Å²) >= 11 is 12.5. The summed E-state index contributed by atoms with van der Waals surface area (Å²) in [6.07, 6.45) is 1.92. The molecule has 1 heterocycles. The highest BCUT2D eigenvalue weighted by Crippen LogP contribution is 2.39. The van der Waals surface area contributed by atoms with E-state index in [0.29, 0.717) is 5.56 Å². The smallest absolute Gasteiger partial charge is 0.414 e. The number of nitrogens with zero attached hydrogens (tertiary/aromatic N) is 3. The molecule has 0 spiro atoms. The highest BCUT2D eigenvalue weighted by Gasteiger charge is 2.23. The number of carbonyl (C=O) groups is 2. The van der Waals surface area contributed by atoms with E-state index in [-0.39, 0.29) is 45.4 Å². The van der Waals surface area contributed by atoms with Crippen molar-refractivity contribution >= 4 is 46.6 Å². The quantitative estimate of drug-likeness (QED) is 0.389. The molecule has 1 saturated carbocycles. The van der Waals surface area contributed by atoms with E-state index < -0.39 is 17.7 Å². The van der Waals surface area contributed by atoms with Gasteiger partial charge in [-0.05, 0) is 37.8 Å². The molecule has 11 nitrogen and oxygen atoms in total. The van der Waals surface area contributed by atoms with Crippen molar-refractivity contribution in [3.63, 3.8) is 0 Å². The second-order valence-electron chi connectivity index (χ2n) is 6.85. The van der Waals surface area contributed by atoms with Crippen LogP contribution >= 0.6 is 23.2 Å². The first kappa shape index (κ1) is 24.0. The number of rotatable bonds is 7. The summed E-state index contributed by atoms with van der Waals surface area (Å²) < 4.78 is 10.3. The standard InChI is InChI=1S/C20H18Cl2N6O5/c1-2-32-20(31)24-19(30)15(9-23)26-25-11-6-13(21)17(14(22)7-11)33-16-8-12(10-4-3-5-10)18(29)28-27-16/h6-8,10,25H,2-5H2,1H3,(H,28,29)(H,24,30,31). The second kappa shape index (κ2) is 10.8. The number of ether oxygens (including phenoxy) is 2. The number of hydrazone groups is 1. The minimum Gasteiger partial charge on any atom is -0.450 e. The normalized spacial score (nSPS) is 13.5. The van der Waals surface area contributed by atoms with Crippen LogP contribution in [0.5, 0.6) is 11.6 Å². The third-order valence-electron chi connectivity index (χ3n) is 4.67. The summed E-state index contributed by atoms with van der Waals surface area (Å²) in [6, 6.07) is 5.91. The van der Waals surface area contributed by atoms with Gasteiger partial charge >= 0.3 is 6.09 Å². The molecular weight excluding hydrogens is 475 g/mol. The first-order chi connectivity index (χ1) is 15.8. The Morgan fingerprint density at radius 1 is 1.30 bits per heavy atom. The van der Waals surface area contributed by atoms with Crippen molar-refractivity contribution in [2.24, 2.45) is 5.10 Å². The van der Waals surface area contributed by atoms with Gasteiger partial charge in [-0.25, -0.2) is 9.89 Å². The van der Waals surface area contributed by atoms with Crippen LogP contribution in [0.15, 0.2) is 28.1 Å². The van der Waals surface area contributed by atoms with E-state index in [4.69, 9.17) is 33.2 Å². The number of alkyl carbamates (subject to hydrolysis) is 1. The van der Waals surface area contributed by atoms with E-state index in [9.17, 15) is 14.4 Å². The number of nitriles is 1. The number of H-pyrrole nitrogens is 1. The molecule has 3 N–H and O–H groups in total. The molecule has 13 heteroatoms. The minimum absolute atomic E-state index is 0.0539. The highest BCUT2D eigenvalue weighted by molar-refractivity contribution is 6.47. The second-order valence-corrected chi connectivity index (χ2v) is 7.66. The molecule has 0 saturated heterocycles. The largest absolute Gasteiger partial charge is 0.450 e. The van der Waals surface area contributed by atoms with Crippen LogP contribution in [0.1, 0.15) is 37.7 Å². The van der Waals surface area contributed by atoms with E-state index in [2.05, 4.69) is 25.5 Å². The number of hydrogen-bond acceptors (Lipinski definition) is 9. The number of hydrogen-bond donors (Lipinski definition) is 3. The molecule has 1 fully saturated rings. The number of imide groups is 1. The van der Waals surface area contributed by atoms with E-state index >= 15 is 0 Å². The van der Waals surface area contributed by atoms with Crippen molar-refractivity contribution in [2.75, 3.05) is 12.0 Å². The molecule has 172 valence electrons. The van der Waals surface area contributed by atoms with Crippen LogP contribution in [0, 0.1) is 11.3 Å². The monoisotopic (exact) mass is 492 g/mol. The van der Waals surface area contributed by atoms with Crippen LogP contribution in [0.2, 0.25) is 10.0 Å². The number of amides is 2. The van der Waals surface area contributed by atoms with E-state index in [1.807, 2.05) is 5.32 Å². The Balaban J connectivity index is 1.74. The van der Waals surface area contributed by atoms with Crippen molar-refractivity contribution in [2.45, 2.75) is 32.1 Å². The Hall–Kier alpha value is -3.62. The zero-order valence-corrected chi connectivity index (χ0v) is 18.8. The van der Waals surface area contributed by atoms with Gasteiger partial charge in [0, 0.05) is 11.6 Å². The first-order valence-corrected chi connectivity index (χ1v) is 10.6. The summed E-state index contributed by atoms with van der Waals surface area (Å²) in [5.41, 5.74) is 2.40. The number of aromatic nitrogens is 2. The van der Waals surface area contributed by atoms with Gasteiger partial charge in [-0.2, -0.15) is 10.4 Å². The molecule has 0 atom stereocenters. The zero-order chi connectivity index (χ0) is 24.0. The Bertz CT molecular complexity index is 1180. The van der Waals surface area contributed by atoms with Crippen LogP contribution in [-0.2, 0) is 9.53 Å². The van der Waals surface area contributed by atoms with Gasteiger partial charge in [0.25, 0.3) is 11.5 Å². The summed E-state index contributed by atoms with van der Waals surface area (Å²) in [5, 5.41) is 21.0. The number of carbonyl (C=O) groups excluding carboxylic acids is 2. The highest BCUT2D eigenvalue weighted by atomic mass is 35.5. The van der Waals surface area contributed by atoms with Gasteiger partial charge in [0.1, 0.15) is 6.07 Å². The van der Waals surface area contributed by atoms with Crippen molar-refractivity contribution in [3.05, 3.63) is 44.2 Å². The molecule has 2 aromatic rings. The Morgan fingerprint density at radius 2 is 2.00 bits per heavy atom. The molecule has 0 aliphatic heterocycles. The summed E-state index contributed by atoms with van der Waals surface area (Å²) in [4.78, 5) is 35.2. The summed E-state index contributed by atoms with van der Waals surface area (Å²) in [6.45, 7) is 1.62. The predicted octanol–water partition coefficient (Wildman–Crippen LogP) is 3.70. The number of anilines is 1. The molecule has 1 aliphatic carbocycles. The average molecular weight is 493 g/mol. The summed E-state index contributed by atoms with van der Waals surface area (Å²) in [5.74, 6) is -0.661. The Kier molecular flexibility index (Phi) is 7.87. The number of aromatic amines is 1. The van der Waals surface area contributed by atoms with Gasteiger partial charge in [-0.1, -0.05) is 29.6 Å². The molecule has 0 radical (unpaired) electrons. The van der Waals surface area contributed by atoms with Crippen molar-refractivity contribution in [1.29, 1.82) is 5.26 Å². The third-order valence-corrected chi connectivity index (χ3v) is 5.23. The molecule has 3 rings (SSSR count). The van der Waals surface area contributed by atoms with Gasteiger partial charge in [-0.15, -0.1) is 5.10 Å². The predicted molar refractivity (Wildman–Crippen MR) is 120 cm³/mol. The number of benzene rings is 1. The minimum atomic E-state index is -1.05. The van der Waals surface area contributed by atoms with Crippen LogP contribution in [0.4, 0.5) is 10.5 Å². The van der Waals surface area contributed by atoms with Gasteiger partial charge in [0.2, 0.25) is 11.6 Å². The third kappa shape index (κ3) is 6.00. The molecular formula is C20H18Cl2N6O5. The van der Waals surface area contributed by atoms with E-state index in [0.717, 1.165) is 19.3 Å². The molecule has 2 amide bonds. The summed E-state index contributed by atoms with van der Waals surface area (Å²) in [7, 11) is 0. The zero-order valence-electron chi connectivity index (χ0n) is 17.3. The van der Waals surface area contributed by atoms with Crippen LogP contribution in [0.25, 0.3) is 0 Å². The van der Waals surface area contributed by atoms with Crippen LogP contribution < -0.4 is 21.0 Å². The average Bonchev–Trinajstić information content (AvgIpc) is 2.72. The number of nitrogens with one attached hydrogen (secondary N) is 3.